The van der Waals surface area contributed by atoms with E-state index in [0.29, 0.717) is 0 Å². The fraction of sp³-hybridized carbons (Fsp3) is 0.200. The Morgan fingerprint density at radius 1 is 1.47 bits per heavy atom. The number of hydrogen-bond donors (Lipinski definition) is 1. The normalized spacial score (nSPS) is 12.5. The predicted octanol–water partition coefficient (Wildman–Crippen LogP) is 0.723. The van der Waals surface area contributed by atoms with E-state index in [4.69, 9.17) is 0 Å². The molecule has 0 spiro atoms. The second-order valence-electron chi connectivity index (χ2n) is 2.25. The number of thiazole rings is 1. The van der Waals surface area contributed by atoms with Gasteiger partial charge in [0.05, 0.1) is 5.51 Å². The third-order valence-corrected chi connectivity index (χ3v) is 2.85. The lowest BCUT2D eigenvalue weighted by Gasteiger charge is -2.07. The van der Waals surface area contributed by atoms with Crippen LogP contribution < -0.4 is 4.72 Å². The maximum atomic E-state index is 11.8. The van der Waals surface area contributed by atoms with Crippen molar-refractivity contribution < 1.29 is 26.4 Å². The SMILES string of the molecule is O=C(NS(=O)(=O)C(F)(F)F)c1cscn1. The van der Waals surface area contributed by atoms with Crippen LogP contribution in [0.25, 0.3) is 0 Å². The molecule has 5 nitrogen and oxygen atoms in total. The third-order valence-electron chi connectivity index (χ3n) is 1.20. The molecule has 1 N–H and O–H groups in total. The molecule has 0 aromatic carbocycles. The van der Waals surface area contributed by atoms with Gasteiger partial charge in [-0.25, -0.2) is 9.71 Å². The minimum atomic E-state index is -5.66. The van der Waals surface area contributed by atoms with Crippen molar-refractivity contribution in [1.29, 1.82) is 0 Å². The number of rotatable bonds is 2. The van der Waals surface area contributed by atoms with Crippen LogP contribution in [0.4, 0.5) is 13.2 Å². The van der Waals surface area contributed by atoms with Crippen molar-refractivity contribution in [2.45, 2.75) is 5.51 Å². The van der Waals surface area contributed by atoms with Crippen LogP contribution in [-0.4, -0.2) is 24.8 Å². The molecule has 0 aliphatic heterocycles. The molecule has 15 heavy (non-hydrogen) atoms. The summed E-state index contributed by atoms with van der Waals surface area (Å²) in [5, 5.41) is 1.13. The summed E-state index contributed by atoms with van der Waals surface area (Å²) in [5.41, 5.74) is -4.71. The molecule has 1 amide bonds. The van der Waals surface area contributed by atoms with Crippen LogP contribution in [-0.2, 0) is 10.0 Å². The molecular weight excluding hydrogens is 257 g/mol. The van der Waals surface area contributed by atoms with Gasteiger partial charge in [-0.15, -0.1) is 11.3 Å². The van der Waals surface area contributed by atoms with Gasteiger partial charge >= 0.3 is 15.5 Å². The number of nitrogens with one attached hydrogen (secondary N) is 1. The predicted molar refractivity (Wildman–Crippen MR) is 44.6 cm³/mol. The molecule has 1 rings (SSSR count). The Labute approximate surface area is 86.0 Å². The molecule has 1 heterocycles. The largest absolute Gasteiger partial charge is 0.516 e. The first-order valence-corrected chi connectivity index (χ1v) is 5.68. The Morgan fingerprint density at radius 2 is 2.07 bits per heavy atom. The second kappa shape index (κ2) is 3.77. The maximum absolute atomic E-state index is 11.8. The molecular formula is C5H3F3N2O3S2. The lowest BCUT2D eigenvalue weighted by molar-refractivity contribution is -0.0446. The van der Waals surface area contributed by atoms with Gasteiger partial charge in [0.15, 0.2) is 0 Å². The smallest absolute Gasteiger partial charge is 0.266 e. The van der Waals surface area contributed by atoms with Gasteiger partial charge in [-0.3, -0.25) is 4.79 Å². The van der Waals surface area contributed by atoms with E-state index >= 15 is 0 Å². The van der Waals surface area contributed by atoms with Crippen molar-refractivity contribution >= 4 is 27.3 Å². The Hall–Kier alpha value is -1.16. The first-order valence-electron chi connectivity index (χ1n) is 3.25. The number of nitrogens with zero attached hydrogens (tertiary/aromatic N) is 1. The molecule has 0 unspecified atom stereocenters. The van der Waals surface area contributed by atoms with Gasteiger partial charge in [0.25, 0.3) is 5.91 Å². The number of halogens is 3. The summed E-state index contributed by atoms with van der Waals surface area (Å²) < 4.78 is 57.2. The molecule has 1 aromatic rings. The molecule has 0 radical (unpaired) electrons. The zero-order chi connectivity index (χ0) is 11.7. The van der Waals surface area contributed by atoms with Crippen molar-refractivity contribution in [1.82, 2.24) is 9.71 Å². The number of carbonyl (C=O) groups excluding carboxylic acids is 1. The lowest BCUT2D eigenvalue weighted by Crippen LogP contribution is -2.40. The molecule has 1 aromatic heterocycles. The van der Waals surface area contributed by atoms with E-state index in [1.54, 1.807) is 0 Å². The molecule has 0 fully saturated rings. The number of amides is 1. The number of alkyl halides is 3. The van der Waals surface area contributed by atoms with Crippen molar-refractivity contribution in [2.24, 2.45) is 0 Å². The topological polar surface area (TPSA) is 76.1 Å². The van der Waals surface area contributed by atoms with Crippen LogP contribution in [0.1, 0.15) is 10.5 Å². The number of sulfonamides is 1. The maximum Gasteiger partial charge on any atom is 0.516 e. The van der Waals surface area contributed by atoms with Crippen LogP contribution in [0.15, 0.2) is 10.9 Å². The first kappa shape index (κ1) is 11.9. The van der Waals surface area contributed by atoms with E-state index in [1.807, 2.05) is 0 Å². The highest BCUT2D eigenvalue weighted by molar-refractivity contribution is 7.90. The minimum absolute atomic E-state index is 0.382. The van der Waals surface area contributed by atoms with Crippen molar-refractivity contribution in [3.05, 3.63) is 16.6 Å². The van der Waals surface area contributed by atoms with Crippen LogP contribution in [0.5, 0.6) is 0 Å². The van der Waals surface area contributed by atoms with Crippen LogP contribution in [0.2, 0.25) is 0 Å². The van der Waals surface area contributed by atoms with E-state index in [2.05, 4.69) is 4.98 Å². The van der Waals surface area contributed by atoms with Crippen LogP contribution in [0.3, 0.4) is 0 Å². The number of carbonyl (C=O) groups is 1. The molecule has 0 saturated carbocycles. The zero-order valence-electron chi connectivity index (χ0n) is 6.78. The third kappa shape index (κ3) is 2.65. The van der Waals surface area contributed by atoms with Gasteiger partial charge in [0, 0.05) is 5.38 Å². The fourth-order valence-electron chi connectivity index (χ4n) is 0.557. The van der Waals surface area contributed by atoms with Gasteiger partial charge in [0.2, 0.25) is 0 Å². The summed E-state index contributed by atoms with van der Waals surface area (Å²) in [6.45, 7) is 0. The number of aromatic nitrogens is 1. The first-order chi connectivity index (χ1) is 6.74. The molecule has 0 atom stereocenters. The van der Waals surface area contributed by atoms with Gasteiger partial charge in [-0.05, 0) is 0 Å². The Kier molecular flexibility index (Phi) is 3.00. The quantitative estimate of drug-likeness (QED) is 0.850. The van der Waals surface area contributed by atoms with Crippen molar-refractivity contribution in [3.8, 4) is 0 Å². The molecule has 0 aliphatic carbocycles. The molecule has 0 aliphatic rings. The fourth-order valence-corrected chi connectivity index (χ4v) is 1.55. The highest BCUT2D eigenvalue weighted by Gasteiger charge is 2.47. The van der Waals surface area contributed by atoms with Crippen LogP contribution in [0, 0.1) is 0 Å². The summed E-state index contributed by atoms with van der Waals surface area (Å²) >= 11 is 0.953. The summed E-state index contributed by atoms with van der Waals surface area (Å²) in [4.78, 5) is 14.3. The number of hydrogen-bond acceptors (Lipinski definition) is 5. The summed E-state index contributed by atoms with van der Waals surface area (Å²) in [6, 6.07) is 0. The average Bonchev–Trinajstić information content (AvgIpc) is 2.51. The highest BCUT2D eigenvalue weighted by Crippen LogP contribution is 2.21. The standard InChI is InChI=1S/C5H3F3N2O3S2/c6-5(7,8)15(12,13)10-4(11)3-1-14-2-9-3/h1-2H,(H,10,11). The molecule has 0 saturated heterocycles. The van der Waals surface area contributed by atoms with Gasteiger partial charge in [-0.2, -0.15) is 21.6 Å². The molecule has 84 valence electrons. The molecule has 10 heteroatoms. The minimum Gasteiger partial charge on any atom is -0.266 e. The zero-order valence-corrected chi connectivity index (χ0v) is 8.41. The summed E-state index contributed by atoms with van der Waals surface area (Å²) in [6.07, 6.45) is 0. The highest BCUT2D eigenvalue weighted by atomic mass is 32.2. The second-order valence-corrected chi connectivity index (χ2v) is 4.65. The van der Waals surface area contributed by atoms with Gasteiger partial charge < -0.3 is 0 Å². The summed E-state index contributed by atoms with van der Waals surface area (Å²) in [5.74, 6) is -1.41. The van der Waals surface area contributed by atoms with E-state index in [0.717, 1.165) is 21.4 Å². The van der Waals surface area contributed by atoms with E-state index in [9.17, 15) is 26.4 Å². The van der Waals surface area contributed by atoms with Gasteiger partial charge in [-0.1, -0.05) is 0 Å². The van der Waals surface area contributed by atoms with E-state index < -0.39 is 21.4 Å². The molecule has 0 bridgehead atoms. The van der Waals surface area contributed by atoms with E-state index in [1.165, 1.54) is 5.51 Å². The average molecular weight is 260 g/mol. The van der Waals surface area contributed by atoms with Crippen LogP contribution >= 0.6 is 11.3 Å². The monoisotopic (exact) mass is 260 g/mol. The van der Waals surface area contributed by atoms with Crippen molar-refractivity contribution in [2.75, 3.05) is 0 Å². The Morgan fingerprint density at radius 3 is 2.47 bits per heavy atom. The summed E-state index contributed by atoms with van der Waals surface area (Å²) in [7, 11) is -5.66. The van der Waals surface area contributed by atoms with Crippen molar-refractivity contribution in [3.63, 3.8) is 0 Å². The Balaban J connectivity index is 2.85. The van der Waals surface area contributed by atoms with Gasteiger partial charge in [0.1, 0.15) is 5.69 Å². The van der Waals surface area contributed by atoms with E-state index in [-0.39, 0.29) is 5.69 Å². The Bertz CT molecular complexity index is 450. The lowest BCUT2D eigenvalue weighted by atomic mass is 10.5.